The largest absolute Gasteiger partial charge is 0.507 e. The van der Waals surface area contributed by atoms with Gasteiger partial charge in [0.1, 0.15) is 11.5 Å². The van der Waals surface area contributed by atoms with Crippen molar-refractivity contribution in [3.63, 3.8) is 0 Å². The van der Waals surface area contributed by atoms with E-state index >= 15 is 0 Å². The Morgan fingerprint density at radius 2 is 0.964 bits per heavy atom. The number of rotatable bonds is 3. The standard InChI is InChI=1S/C26H34O2/c1-15(2)21-13-17-9-5-7-11-19(17)25(27)23(21)24-22(16(3)4)14-18-10-6-8-12-20(18)26(24)28/h13-16,27-28H,5-12H2,1-4H3. The van der Waals surface area contributed by atoms with Gasteiger partial charge in [-0.1, -0.05) is 39.8 Å². The first-order valence-electron chi connectivity index (χ1n) is 11.2. The summed E-state index contributed by atoms with van der Waals surface area (Å²) in [6, 6.07) is 4.63. The topological polar surface area (TPSA) is 40.5 Å². The number of aromatic hydroxyl groups is 2. The van der Waals surface area contributed by atoms with Crippen LogP contribution in [0, 0.1) is 0 Å². The van der Waals surface area contributed by atoms with Crippen LogP contribution < -0.4 is 0 Å². The molecule has 0 aliphatic heterocycles. The molecule has 0 atom stereocenters. The zero-order valence-electron chi connectivity index (χ0n) is 17.9. The minimum Gasteiger partial charge on any atom is -0.507 e. The lowest BCUT2D eigenvalue weighted by Gasteiger charge is -2.28. The van der Waals surface area contributed by atoms with E-state index in [-0.39, 0.29) is 0 Å². The third-order valence-corrected chi connectivity index (χ3v) is 6.80. The molecule has 2 nitrogen and oxygen atoms in total. The summed E-state index contributed by atoms with van der Waals surface area (Å²) in [6.45, 7) is 8.77. The quantitative estimate of drug-likeness (QED) is 0.619. The second kappa shape index (κ2) is 7.46. The number of hydrogen-bond donors (Lipinski definition) is 2. The predicted molar refractivity (Wildman–Crippen MR) is 117 cm³/mol. The summed E-state index contributed by atoms with van der Waals surface area (Å²) in [6.07, 6.45) is 8.65. The van der Waals surface area contributed by atoms with Crippen molar-refractivity contribution >= 4 is 0 Å². The van der Waals surface area contributed by atoms with Crippen molar-refractivity contribution in [2.24, 2.45) is 0 Å². The highest BCUT2D eigenvalue weighted by molar-refractivity contribution is 5.85. The lowest BCUT2D eigenvalue weighted by Crippen LogP contribution is -2.10. The molecule has 0 aromatic heterocycles. The van der Waals surface area contributed by atoms with Crippen LogP contribution >= 0.6 is 0 Å². The molecule has 0 heterocycles. The number of phenols is 2. The van der Waals surface area contributed by atoms with Crippen LogP contribution in [0.5, 0.6) is 11.5 Å². The van der Waals surface area contributed by atoms with Gasteiger partial charge in [0.05, 0.1) is 0 Å². The molecular weight excluding hydrogens is 344 g/mol. The average molecular weight is 379 g/mol. The maximum atomic E-state index is 11.4. The summed E-state index contributed by atoms with van der Waals surface area (Å²) in [7, 11) is 0. The van der Waals surface area contributed by atoms with Gasteiger partial charge in [-0.3, -0.25) is 0 Å². The van der Waals surface area contributed by atoms with Gasteiger partial charge in [0.15, 0.2) is 0 Å². The van der Waals surface area contributed by atoms with Crippen molar-refractivity contribution in [3.05, 3.63) is 45.5 Å². The van der Waals surface area contributed by atoms with Gasteiger partial charge >= 0.3 is 0 Å². The number of hydrogen-bond acceptors (Lipinski definition) is 2. The van der Waals surface area contributed by atoms with Crippen LogP contribution in [0.1, 0.15) is 98.6 Å². The second-order valence-corrected chi connectivity index (χ2v) is 9.38. The first-order chi connectivity index (χ1) is 13.4. The van der Waals surface area contributed by atoms with E-state index in [0.29, 0.717) is 23.3 Å². The molecule has 2 aromatic rings. The molecule has 0 bridgehead atoms. The second-order valence-electron chi connectivity index (χ2n) is 9.38. The normalized spacial score (nSPS) is 16.4. The van der Waals surface area contributed by atoms with Crippen LogP contribution in [-0.4, -0.2) is 10.2 Å². The van der Waals surface area contributed by atoms with E-state index in [1.165, 1.54) is 35.1 Å². The Hall–Kier alpha value is -1.96. The zero-order chi connectivity index (χ0) is 20.0. The van der Waals surface area contributed by atoms with E-state index in [4.69, 9.17) is 0 Å². The Labute approximate surface area is 169 Å². The highest BCUT2D eigenvalue weighted by Gasteiger charge is 2.29. The number of benzene rings is 2. The number of aryl methyl sites for hydroxylation is 2. The molecule has 0 unspecified atom stereocenters. The van der Waals surface area contributed by atoms with Crippen LogP contribution in [0.15, 0.2) is 12.1 Å². The Bertz CT molecular complexity index is 830. The summed E-state index contributed by atoms with van der Waals surface area (Å²) in [5.41, 5.74) is 8.96. The molecule has 150 valence electrons. The molecule has 28 heavy (non-hydrogen) atoms. The summed E-state index contributed by atoms with van der Waals surface area (Å²) in [5.74, 6) is 1.44. The molecule has 0 fully saturated rings. The summed E-state index contributed by atoms with van der Waals surface area (Å²) >= 11 is 0. The van der Waals surface area contributed by atoms with Crippen LogP contribution in [-0.2, 0) is 25.7 Å². The van der Waals surface area contributed by atoms with E-state index < -0.39 is 0 Å². The minimum absolute atomic E-state index is 0.295. The van der Waals surface area contributed by atoms with Gasteiger partial charge in [-0.15, -0.1) is 0 Å². The lowest BCUT2D eigenvalue weighted by atomic mass is 9.77. The first-order valence-corrected chi connectivity index (χ1v) is 11.2. The maximum Gasteiger partial charge on any atom is 0.127 e. The Morgan fingerprint density at radius 1 is 0.607 bits per heavy atom. The van der Waals surface area contributed by atoms with Gasteiger partial charge in [0, 0.05) is 11.1 Å². The number of fused-ring (bicyclic) bond motifs is 2. The molecule has 0 spiro atoms. The van der Waals surface area contributed by atoms with Crippen molar-refractivity contribution in [2.75, 3.05) is 0 Å². The monoisotopic (exact) mass is 378 g/mol. The van der Waals surface area contributed by atoms with E-state index in [9.17, 15) is 10.2 Å². The Balaban J connectivity index is 2.06. The van der Waals surface area contributed by atoms with Crippen LogP contribution in [0.3, 0.4) is 0 Å². The molecule has 4 rings (SSSR count). The Morgan fingerprint density at radius 3 is 1.32 bits per heavy atom. The molecule has 2 heteroatoms. The smallest absolute Gasteiger partial charge is 0.127 e. The van der Waals surface area contributed by atoms with E-state index in [1.54, 1.807) is 0 Å². The zero-order valence-corrected chi connectivity index (χ0v) is 17.9. The molecule has 0 saturated carbocycles. The third kappa shape index (κ3) is 3.11. The van der Waals surface area contributed by atoms with Crippen molar-refractivity contribution in [3.8, 4) is 22.6 Å². The third-order valence-electron chi connectivity index (χ3n) is 6.80. The maximum absolute atomic E-state index is 11.4. The van der Waals surface area contributed by atoms with Gasteiger partial charge in [0.25, 0.3) is 0 Å². The summed E-state index contributed by atoms with van der Waals surface area (Å²) < 4.78 is 0. The molecule has 0 saturated heterocycles. The van der Waals surface area contributed by atoms with Crippen molar-refractivity contribution in [1.29, 1.82) is 0 Å². The van der Waals surface area contributed by atoms with E-state index in [0.717, 1.165) is 60.8 Å². The average Bonchev–Trinajstić information content (AvgIpc) is 2.68. The van der Waals surface area contributed by atoms with Crippen molar-refractivity contribution < 1.29 is 10.2 Å². The molecule has 0 radical (unpaired) electrons. The predicted octanol–water partition coefficient (Wildman–Crippen LogP) is 6.77. The molecule has 2 aromatic carbocycles. The number of phenolic OH excluding ortho intramolecular Hbond substituents is 2. The minimum atomic E-state index is 0.295. The van der Waals surface area contributed by atoms with E-state index in [1.807, 2.05) is 0 Å². The lowest BCUT2D eigenvalue weighted by molar-refractivity contribution is 0.454. The highest BCUT2D eigenvalue weighted by atomic mass is 16.3. The van der Waals surface area contributed by atoms with Gasteiger partial charge in [-0.2, -0.15) is 0 Å². The molecular formula is C26H34O2. The van der Waals surface area contributed by atoms with Crippen LogP contribution in [0.2, 0.25) is 0 Å². The fourth-order valence-corrected chi connectivity index (χ4v) is 5.25. The van der Waals surface area contributed by atoms with Crippen molar-refractivity contribution in [2.45, 2.75) is 90.9 Å². The molecule has 2 aliphatic rings. The SMILES string of the molecule is CC(C)c1cc2c(c(O)c1-c1c(C(C)C)cc3c(c1O)CCCC3)CCCC2. The van der Waals surface area contributed by atoms with Crippen LogP contribution in [0.25, 0.3) is 11.1 Å². The van der Waals surface area contributed by atoms with Gasteiger partial charge in [0.2, 0.25) is 0 Å². The summed E-state index contributed by atoms with van der Waals surface area (Å²) in [5, 5.41) is 22.9. The fraction of sp³-hybridized carbons (Fsp3) is 0.538. The fourth-order valence-electron chi connectivity index (χ4n) is 5.25. The van der Waals surface area contributed by atoms with E-state index in [2.05, 4.69) is 39.8 Å². The summed E-state index contributed by atoms with van der Waals surface area (Å²) in [4.78, 5) is 0. The van der Waals surface area contributed by atoms with Gasteiger partial charge in [-0.05, 0) is 96.6 Å². The van der Waals surface area contributed by atoms with Crippen LogP contribution in [0.4, 0.5) is 0 Å². The Kier molecular flexibility index (Phi) is 5.16. The molecule has 0 amide bonds. The molecule has 2 N–H and O–H groups in total. The highest BCUT2D eigenvalue weighted by Crippen LogP contribution is 2.50. The van der Waals surface area contributed by atoms with Crippen molar-refractivity contribution in [1.82, 2.24) is 0 Å². The molecule has 2 aliphatic carbocycles. The van der Waals surface area contributed by atoms with Gasteiger partial charge in [-0.25, -0.2) is 0 Å². The van der Waals surface area contributed by atoms with Gasteiger partial charge < -0.3 is 10.2 Å². The first kappa shape index (κ1) is 19.4.